The molecule has 0 N–H and O–H groups in total. The van der Waals surface area contributed by atoms with Crippen molar-refractivity contribution >= 4 is 68.0 Å². The highest BCUT2D eigenvalue weighted by molar-refractivity contribution is 6.09. The molecule has 61 heavy (non-hydrogen) atoms. The van der Waals surface area contributed by atoms with Crippen molar-refractivity contribution in [2.45, 2.75) is 45.1 Å². The van der Waals surface area contributed by atoms with Gasteiger partial charge in [-0.3, -0.25) is 0 Å². The molecule has 3 aromatic heterocycles. The fraction of sp³-hybridized carbons (Fsp3) is 0.123. The van der Waals surface area contributed by atoms with Gasteiger partial charge in [0.15, 0.2) is 0 Å². The van der Waals surface area contributed by atoms with Gasteiger partial charge in [0.25, 0.3) is 0 Å². The van der Waals surface area contributed by atoms with E-state index in [1.165, 1.54) is 72.2 Å². The fourth-order valence-corrected chi connectivity index (χ4v) is 10.2. The molecular formula is C57H48N4. The number of fused-ring (bicyclic) bond motifs is 7. The molecular weight excluding hydrogens is 741 g/mol. The maximum Gasteiger partial charge on any atom is 0.0561 e. The van der Waals surface area contributed by atoms with Crippen LogP contribution in [0.5, 0.6) is 0 Å². The molecule has 0 fully saturated rings. The first-order chi connectivity index (χ1) is 30.1. The summed E-state index contributed by atoms with van der Waals surface area (Å²) in [7, 11) is 0. The molecule has 0 amide bonds. The quantitative estimate of drug-likeness (QED) is 0.140. The number of benzene rings is 5. The van der Waals surface area contributed by atoms with Crippen LogP contribution in [0.1, 0.15) is 59.5 Å². The van der Waals surface area contributed by atoms with Crippen LogP contribution >= 0.6 is 0 Å². The second-order valence-electron chi connectivity index (χ2n) is 16.5. The highest BCUT2D eigenvalue weighted by Gasteiger charge is 2.27. The Morgan fingerprint density at radius 3 is 1.89 bits per heavy atom. The van der Waals surface area contributed by atoms with Crippen LogP contribution in [0.4, 0.5) is 11.4 Å². The van der Waals surface area contributed by atoms with Gasteiger partial charge < -0.3 is 18.6 Å². The van der Waals surface area contributed by atoms with E-state index in [0.29, 0.717) is 5.92 Å². The number of hydrogen-bond donors (Lipinski definition) is 0. The van der Waals surface area contributed by atoms with Crippen LogP contribution in [0.15, 0.2) is 183 Å². The molecule has 5 aromatic carbocycles. The first-order valence-electron chi connectivity index (χ1n) is 21.6. The van der Waals surface area contributed by atoms with Crippen LogP contribution in [-0.2, 0) is 6.42 Å². The number of aromatic nitrogens is 3. The third-order valence-electron chi connectivity index (χ3n) is 13.1. The molecule has 4 heteroatoms. The summed E-state index contributed by atoms with van der Waals surface area (Å²) in [5, 5.41) is 3.90. The number of para-hydroxylation sites is 3. The van der Waals surface area contributed by atoms with Crippen molar-refractivity contribution in [2.24, 2.45) is 0 Å². The summed E-state index contributed by atoms with van der Waals surface area (Å²) in [6.07, 6.45) is 29.6. The molecule has 0 saturated heterocycles. The first-order valence-corrected chi connectivity index (χ1v) is 21.6. The van der Waals surface area contributed by atoms with Gasteiger partial charge in [0.1, 0.15) is 0 Å². The summed E-state index contributed by atoms with van der Waals surface area (Å²) < 4.78 is 7.27. The Balaban J connectivity index is 1.01. The standard InChI is InChI=1S/C57H48N4/c1-4-5-21-51-40(3)47-17-7-6-8-22-52(47)59(51)44-33-27-41(28-34-44)58(42-29-35-45(36-30-42)60-53-23-12-9-18-48(53)49-19-10-13-24-54(49)60)43-31-37-46(38-32-43)61-55-25-14-11-20-50(55)57-39(2)16-15-26-56(57)61/h4-15,18-31,33-39,43H,1,16-17,32H2,2-3H3/b21-5-. The summed E-state index contributed by atoms with van der Waals surface area (Å²) >= 11 is 0. The topological polar surface area (TPSA) is 18.0 Å². The van der Waals surface area contributed by atoms with E-state index < -0.39 is 0 Å². The molecule has 3 aliphatic rings. The van der Waals surface area contributed by atoms with Crippen LogP contribution in [0.2, 0.25) is 0 Å². The van der Waals surface area contributed by atoms with Crippen molar-refractivity contribution in [3.05, 3.63) is 216 Å². The van der Waals surface area contributed by atoms with Crippen molar-refractivity contribution in [3.8, 4) is 11.4 Å². The molecule has 11 rings (SSSR count). The van der Waals surface area contributed by atoms with Gasteiger partial charge in [-0.2, -0.15) is 0 Å². The predicted octanol–water partition coefficient (Wildman–Crippen LogP) is 14.7. The highest BCUT2D eigenvalue weighted by atomic mass is 15.2. The minimum Gasteiger partial charge on any atom is -0.334 e. The van der Waals surface area contributed by atoms with Gasteiger partial charge in [0.2, 0.25) is 0 Å². The summed E-state index contributed by atoms with van der Waals surface area (Å²) in [4.78, 5) is 2.51. The zero-order chi connectivity index (χ0) is 41.0. The average Bonchev–Trinajstić information content (AvgIpc) is 3.83. The molecule has 0 aliphatic heterocycles. The van der Waals surface area contributed by atoms with E-state index in [9.17, 15) is 0 Å². The number of rotatable bonds is 8. The second-order valence-corrected chi connectivity index (χ2v) is 16.5. The van der Waals surface area contributed by atoms with E-state index >= 15 is 0 Å². The number of allylic oxidation sites excluding steroid dienone is 8. The zero-order valence-electron chi connectivity index (χ0n) is 34.7. The summed E-state index contributed by atoms with van der Waals surface area (Å²) in [6, 6.07) is 44.8. The lowest BCUT2D eigenvalue weighted by atomic mass is 9.91. The van der Waals surface area contributed by atoms with Crippen LogP contribution in [0.3, 0.4) is 0 Å². The third-order valence-corrected chi connectivity index (χ3v) is 13.1. The van der Waals surface area contributed by atoms with Gasteiger partial charge in [-0.15, -0.1) is 0 Å². The third kappa shape index (κ3) is 6.04. The van der Waals surface area contributed by atoms with Crippen molar-refractivity contribution in [1.29, 1.82) is 0 Å². The molecule has 2 atom stereocenters. The Morgan fingerprint density at radius 2 is 1.25 bits per heavy atom. The maximum absolute atomic E-state index is 3.97. The van der Waals surface area contributed by atoms with Crippen LogP contribution in [0, 0.1) is 6.92 Å². The van der Waals surface area contributed by atoms with Gasteiger partial charge in [-0.1, -0.05) is 117 Å². The summed E-state index contributed by atoms with van der Waals surface area (Å²) in [6.45, 7) is 8.57. The Kier molecular flexibility index (Phi) is 9.08. The lowest BCUT2D eigenvalue weighted by Crippen LogP contribution is -2.30. The molecule has 3 heterocycles. The summed E-state index contributed by atoms with van der Waals surface area (Å²) in [5.74, 6) is 0.489. The normalized spacial score (nSPS) is 17.0. The van der Waals surface area contributed by atoms with Gasteiger partial charge in [-0.25, -0.2) is 0 Å². The van der Waals surface area contributed by atoms with Crippen molar-refractivity contribution in [2.75, 3.05) is 4.90 Å². The monoisotopic (exact) mass is 788 g/mol. The lowest BCUT2D eigenvalue weighted by Gasteiger charge is -2.34. The Morgan fingerprint density at radius 1 is 0.623 bits per heavy atom. The molecule has 0 saturated carbocycles. The summed E-state index contributed by atoms with van der Waals surface area (Å²) in [5.41, 5.74) is 17.4. The molecule has 2 unspecified atom stereocenters. The van der Waals surface area contributed by atoms with E-state index in [2.05, 4.69) is 221 Å². The molecule has 0 bridgehead atoms. The molecule has 3 aliphatic carbocycles. The number of hydrogen-bond acceptors (Lipinski definition) is 1. The molecule has 0 radical (unpaired) electrons. The van der Waals surface area contributed by atoms with Gasteiger partial charge in [0, 0.05) is 61.7 Å². The van der Waals surface area contributed by atoms with Gasteiger partial charge in [0.05, 0.1) is 22.6 Å². The van der Waals surface area contributed by atoms with E-state index in [-0.39, 0.29) is 6.04 Å². The van der Waals surface area contributed by atoms with E-state index in [1.807, 2.05) is 12.2 Å². The van der Waals surface area contributed by atoms with Crippen LogP contribution in [-0.4, -0.2) is 19.7 Å². The first kappa shape index (κ1) is 36.8. The molecule has 296 valence electrons. The average molecular weight is 789 g/mol. The van der Waals surface area contributed by atoms with E-state index in [1.54, 1.807) is 0 Å². The minimum atomic E-state index is 0.103. The van der Waals surface area contributed by atoms with Crippen LogP contribution in [0.25, 0.3) is 68.0 Å². The van der Waals surface area contributed by atoms with Gasteiger partial charge in [-0.05, 0) is 140 Å². The van der Waals surface area contributed by atoms with Crippen molar-refractivity contribution < 1.29 is 0 Å². The molecule has 4 nitrogen and oxygen atoms in total. The highest BCUT2D eigenvalue weighted by Crippen LogP contribution is 2.42. The van der Waals surface area contributed by atoms with Crippen molar-refractivity contribution in [1.82, 2.24) is 13.7 Å². The maximum atomic E-state index is 3.97. The second kappa shape index (κ2) is 15.1. The molecule has 8 aromatic rings. The number of anilines is 2. The Hall–Kier alpha value is -7.30. The van der Waals surface area contributed by atoms with Crippen molar-refractivity contribution in [3.63, 3.8) is 0 Å². The van der Waals surface area contributed by atoms with Crippen LogP contribution < -0.4 is 4.90 Å². The fourth-order valence-electron chi connectivity index (χ4n) is 10.2. The number of nitrogens with zero attached hydrogens (tertiary/aromatic N) is 4. The van der Waals surface area contributed by atoms with Gasteiger partial charge >= 0.3 is 0 Å². The minimum absolute atomic E-state index is 0.103. The zero-order valence-corrected chi connectivity index (χ0v) is 34.7. The largest absolute Gasteiger partial charge is 0.334 e. The SMILES string of the molecule is C=C/C=C\c1c(C)c2c(n1-c1ccc(N(c3ccc(-n4c5ccccc5c5ccccc54)cc3)C3C=CC(n4c5c(c6ccccc64)C(C)CC=C5)=CC3)cc1)C=CC=CC2. The van der Waals surface area contributed by atoms with E-state index in [4.69, 9.17) is 0 Å². The Bertz CT molecular complexity index is 3150. The predicted molar refractivity (Wildman–Crippen MR) is 260 cm³/mol. The van der Waals surface area contributed by atoms with E-state index in [0.717, 1.165) is 42.0 Å². The Labute approximate surface area is 358 Å². The molecule has 0 spiro atoms. The lowest BCUT2D eigenvalue weighted by molar-refractivity contribution is 0.769. The smallest absolute Gasteiger partial charge is 0.0561 e.